The summed E-state index contributed by atoms with van der Waals surface area (Å²) in [5, 5.41) is 36.9. The van der Waals surface area contributed by atoms with Crippen molar-refractivity contribution in [2.45, 2.75) is 117 Å². The van der Waals surface area contributed by atoms with E-state index in [1.807, 2.05) is 12.1 Å². The smallest absolute Gasteiger partial charge is 0.331 e. The molecule has 10 atom stereocenters. The van der Waals surface area contributed by atoms with Crippen LogP contribution in [-0.2, 0) is 20.7 Å². The van der Waals surface area contributed by atoms with E-state index in [9.17, 15) is 24.9 Å². The zero-order valence-electron chi connectivity index (χ0n) is 26.8. The van der Waals surface area contributed by atoms with E-state index >= 15 is 0 Å². The van der Waals surface area contributed by atoms with E-state index in [1.54, 1.807) is 12.1 Å². The van der Waals surface area contributed by atoms with E-state index < -0.39 is 24.1 Å². The van der Waals surface area contributed by atoms with E-state index in [0.717, 1.165) is 44.1 Å². The highest BCUT2D eigenvalue weighted by Crippen LogP contribution is 2.74. The summed E-state index contributed by atoms with van der Waals surface area (Å²) in [7, 11) is 0. The van der Waals surface area contributed by atoms with Crippen LogP contribution < -0.4 is 0 Å². The van der Waals surface area contributed by atoms with Gasteiger partial charge in [0.05, 0.1) is 12.2 Å². The Hall–Kier alpha value is -2.87. The van der Waals surface area contributed by atoms with Gasteiger partial charge in [-0.25, -0.2) is 4.79 Å². The summed E-state index contributed by atoms with van der Waals surface area (Å²) >= 11 is 0. The lowest BCUT2D eigenvalue weighted by atomic mass is 9.36. The maximum atomic E-state index is 12.9. The lowest BCUT2D eigenvalue weighted by Crippen LogP contribution is -2.65. The van der Waals surface area contributed by atoms with Crippen LogP contribution in [0.5, 0.6) is 0 Å². The molecule has 4 fully saturated rings. The number of rotatable bonds is 8. The summed E-state index contributed by atoms with van der Waals surface area (Å²) in [6.45, 7) is 10.4. The van der Waals surface area contributed by atoms with E-state index in [1.165, 1.54) is 6.92 Å². The van der Waals surface area contributed by atoms with Crippen LogP contribution in [-0.4, -0.2) is 45.6 Å². The van der Waals surface area contributed by atoms with Crippen molar-refractivity contribution in [3.05, 3.63) is 51.4 Å². The number of benzene rings is 1. The zero-order valence-corrected chi connectivity index (χ0v) is 26.8. The normalized spacial score (nSPS) is 40.6. The molecule has 0 radical (unpaired) electrons. The molecule has 1 aromatic rings. The predicted molar refractivity (Wildman–Crippen MR) is 167 cm³/mol. The molecule has 9 nitrogen and oxygen atoms in total. The molecule has 3 N–H and O–H groups in total. The number of aliphatic hydroxyl groups is 2. The Labute approximate surface area is 260 Å². The highest BCUT2D eigenvalue weighted by molar-refractivity contribution is 5.88. The third-order valence-corrected chi connectivity index (χ3v) is 12.9. The van der Waals surface area contributed by atoms with Gasteiger partial charge in [-0.3, -0.25) is 4.79 Å². The highest BCUT2D eigenvalue weighted by atomic mass is 16.5. The standard InChI is InChI=1S/C35H49N3O6/c1-20-25-14-17-34(4)31(33(25,3)16-15-27(20)40)28(41)18-26-30(29(44-21(2)39)19-35(26,34)5)24(32(42)43)9-7-6-8-22-10-12-23(13-11-22)37-38-36/h10-13,20,25-29,31,40-41H,6-9,14-19H2,1-5H3,(H,42,43)/b30-24-/t20-,25-,26-,27+,28+,29-,31-,33-,34-,35-/m0/s1. The Kier molecular flexibility index (Phi) is 8.98. The SMILES string of the molecule is CC(=O)O[C@H]1C[C@@]2(C)[C@@H](C[C@@H](O)[C@H]3[C@@]4(C)CC[C@@H](O)[C@@H](C)[C@@H]4CC[C@@]32C)/C1=C(\CCCCc1ccc(N=[N+]=[N-])cc1)C(=O)O. The molecule has 4 aliphatic carbocycles. The van der Waals surface area contributed by atoms with Crippen molar-refractivity contribution < 1.29 is 29.6 Å². The number of aliphatic hydroxyl groups excluding tert-OH is 2. The van der Waals surface area contributed by atoms with Gasteiger partial charge in [0, 0.05) is 23.1 Å². The number of esters is 1. The third kappa shape index (κ3) is 5.35. The molecule has 240 valence electrons. The van der Waals surface area contributed by atoms with Gasteiger partial charge in [-0.2, -0.15) is 0 Å². The minimum Gasteiger partial charge on any atom is -0.478 e. The number of fused-ring (bicyclic) bond motifs is 5. The monoisotopic (exact) mass is 607 g/mol. The molecule has 4 aliphatic rings. The van der Waals surface area contributed by atoms with Gasteiger partial charge in [0.15, 0.2) is 0 Å². The average Bonchev–Trinajstić information content (AvgIpc) is 3.23. The molecule has 0 aliphatic heterocycles. The molecule has 0 heterocycles. The van der Waals surface area contributed by atoms with Crippen molar-refractivity contribution in [2.24, 2.45) is 45.0 Å². The number of carbonyl (C=O) groups excluding carboxylic acids is 1. The average molecular weight is 608 g/mol. The van der Waals surface area contributed by atoms with Gasteiger partial charge in [0.1, 0.15) is 6.10 Å². The van der Waals surface area contributed by atoms with Gasteiger partial charge in [0.2, 0.25) is 0 Å². The maximum Gasteiger partial charge on any atom is 0.331 e. The number of carboxylic acids is 1. The quantitative estimate of drug-likeness (QED) is 0.0705. The molecule has 0 aromatic heterocycles. The van der Waals surface area contributed by atoms with Gasteiger partial charge in [0.25, 0.3) is 0 Å². The van der Waals surface area contributed by atoms with Crippen LogP contribution in [0.2, 0.25) is 0 Å². The fourth-order valence-electron chi connectivity index (χ4n) is 10.7. The van der Waals surface area contributed by atoms with Gasteiger partial charge >= 0.3 is 11.9 Å². The number of ether oxygens (including phenoxy) is 1. The number of unbranched alkanes of at least 4 members (excludes halogenated alkanes) is 1. The molecule has 1 aromatic carbocycles. The number of aliphatic carboxylic acids is 1. The second-order valence-electron chi connectivity index (χ2n) is 14.9. The van der Waals surface area contributed by atoms with Gasteiger partial charge in [-0.05, 0) is 121 Å². The number of azide groups is 1. The summed E-state index contributed by atoms with van der Waals surface area (Å²) in [5.74, 6) is -1.09. The number of nitrogens with zero attached hydrogens (tertiary/aromatic N) is 3. The Morgan fingerprint density at radius 1 is 1.05 bits per heavy atom. The first-order chi connectivity index (χ1) is 20.8. The predicted octanol–water partition coefficient (Wildman–Crippen LogP) is 7.27. The minimum atomic E-state index is -0.979. The van der Waals surface area contributed by atoms with E-state index in [2.05, 4.69) is 37.7 Å². The van der Waals surface area contributed by atoms with Gasteiger partial charge < -0.3 is 20.1 Å². The number of carboxylic acid groups (broad SMARTS) is 1. The fourth-order valence-corrected chi connectivity index (χ4v) is 10.7. The number of hydrogen-bond acceptors (Lipinski definition) is 6. The first-order valence-corrected chi connectivity index (χ1v) is 16.4. The first kappa shape index (κ1) is 32.5. The molecule has 5 rings (SSSR count). The summed E-state index contributed by atoms with van der Waals surface area (Å²) in [6.07, 6.45) is 5.47. The Morgan fingerprint density at radius 2 is 1.75 bits per heavy atom. The largest absolute Gasteiger partial charge is 0.478 e. The molecular weight excluding hydrogens is 558 g/mol. The van der Waals surface area contributed by atoms with E-state index in [-0.39, 0.29) is 40.1 Å². The van der Waals surface area contributed by atoms with Crippen molar-refractivity contribution >= 4 is 17.6 Å². The molecule has 0 amide bonds. The third-order valence-electron chi connectivity index (χ3n) is 12.9. The van der Waals surface area contributed by atoms with Crippen LogP contribution in [0.25, 0.3) is 10.4 Å². The first-order valence-electron chi connectivity index (χ1n) is 16.4. The summed E-state index contributed by atoms with van der Waals surface area (Å²) in [6, 6.07) is 7.39. The van der Waals surface area contributed by atoms with Crippen LogP contribution in [0.3, 0.4) is 0 Å². The number of aryl methyl sites for hydroxylation is 1. The Morgan fingerprint density at radius 3 is 2.39 bits per heavy atom. The molecule has 0 saturated heterocycles. The Balaban J connectivity index is 1.45. The molecule has 0 bridgehead atoms. The Bertz CT molecular complexity index is 1350. The van der Waals surface area contributed by atoms with E-state index in [0.29, 0.717) is 48.4 Å². The van der Waals surface area contributed by atoms with Crippen molar-refractivity contribution in [1.82, 2.24) is 0 Å². The van der Waals surface area contributed by atoms with Crippen molar-refractivity contribution in [3.63, 3.8) is 0 Å². The molecular formula is C35H49N3O6. The lowest BCUT2D eigenvalue weighted by molar-refractivity contribution is -0.234. The van der Waals surface area contributed by atoms with Crippen molar-refractivity contribution in [1.29, 1.82) is 0 Å². The van der Waals surface area contributed by atoms with Gasteiger partial charge in [-0.15, -0.1) is 0 Å². The number of carbonyl (C=O) groups is 2. The van der Waals surface area contributed by atoms with Crippen LogP contribution in [0.4, 0.5) is 5.69 Å². The number of hydrogen-bond donors (Lipinski definition) is 3. The van der Waals surface area contributed by atoms with Crippen LogP contribution in [0.1, 0.15) is 98.0 Å². The summed E-state index contributed by atoms with van der Waals surface area (Å²) in [4.78, 5) is 28.1. The van der Waals surface area contributed by atoms with Crippen LogP contribution in [0, 0.1) is 39.9 Å². The second-order valence-corrected chi connectivity index (χ2v) is 14.9. The van der Waals surface area contributed by atoms with Crippen molar-refractivity contribution in [3.8, 4) is 0 Å². The lowest BCUT2D eigenvalue weighted by Gasteiger charge is -2.69. The molecule has 0 spiro atoms. The van der Waals surface area contributed by atoms with Crippen LogP contribution in [0.15, 0.2) is 40.5 Å². The second kappa shape index (κ2) is 12.1. The highest BCUT2D eigenvalue weighted by Gasteiger charge is 2.70. The minimum absolute atomic E-state index is 0.0146. The van der Waals surface area contributed by atoms with E-state index in [4.69, 9.17) is 10.3 Å². The summed E-state index contributed by atoms with van der Waals surface area (Å²) < 4.78 is 5.93. The molecule has 9 heteroatoms. The molecule has 0 unspecified atom stereocenters. The van der Waals surface area contributed by atoms with Gasteiger partial charge in [-0.1, -0.05) is 57.1 Å². The maximum absolute atomic E-state index is 12.9. The van der Waals surface area contributed by atoms with Crippen LogP contribution >= 0.6 is 0 Å². The molecule has 4 saturated carbocycles. The zero-order chi connectivity index (χ0) is 32.0. The molecule has 44 heavy (non-hydrogen) atoms. The summed E-state index contributed by atoms with van der Waals surface area (Å²) in [5.41, 5.74) is 10.5. The van der Waals surface area contributed by atoms with Crippen molar-refractivity contribution in [2.75, 3.05) is 0 Å². The fraction of sp³-hybridized carbons (Fsp3) is 0.714. The topological polar surface area (TPSA) is 153 Å².